The highest BCUT2D eigenvalue weighted by Crippen LogP contribution is 2.44. The van der Waals surface area contributed by atoms with Crippen LogP contribution in [-0.2, 0) is 22.4 Å². The van der Waals surface area contributed by atoms with Crippen molar-refractivity contribution in [1.82, 2.24) is 0 Å². The summed E-state index contributed by atoms with van der Waals surface area (Å²) in [5, 5.41) is 0. The molecule has 0 bridgehead atoms. The van der Waals surface area contributed by atoms with Crippen molar-refractivity contribution in [3.05, 3.63) is 52.5 Å². The number of aryl methyl sites for hydroxylation is 1. The van der Waals surface area contributed by atoms with Crippen molar-refractivity contribution in [1.29, 1.82) is 0 Å². The maximum absolute atomic E-state index is 11.6. The van der Waals surface area contributed by atoms with Crippen LogP contribution >= 0.6 is 0 Å². The Kier molecular flexibility index (Phi) is 5.39. The summed E-state index contributed by atoms with van der Waals surface area (Å²) in [6.45, 7) is 3.25. The van der Waals surface area contributed by atoms with Gasteiger partial charge in [-0.25, -0.2) is 4.79 Å². The number of hydrogen-bond acceptors (Lipinski definition) is 5. The molecule has 0 N–H and O–H groups in total. The van der Waals surface area contributed by atoms with Crippen LogP contribution < -0.4 is 9.80 Å². The first-order chi connectivity index (χ1) is 14.0. The Morgan fingerprint density at radius 2 is 2.14 bits per heavy atom. The highest BCUT2D eigenvalue weighted by molar-refractivity contribution is 5.86. The molecule has 2 aromatic rings. The van der Waals surface area contributed by atoms with Crippen LogP contribution in [-0.4, -0.2) is 40.3 Å². The number of benzene rings is 1. The van der Waals surface area contributed by atoms with Crippen molar-refractivity contribution in [2.45, 2.75) is 38.5 Å². The highest BCUT2D eigenvalue weighted by atomic mass is 16.5. The van der Waals surface area contributed by atoms with Crippen molar-refractivity contribution in [3.63, 3.8) is 0 Å². The minimum absolute atomic E-state index is 0.335. The third kappa shape index (κ3) is 3.78. The zero-order valence-corrected chi connectivity index (χ0v) is 17.8. The number of carbonyl (C=O) groups excluding carboxylic acids is 1. The molecule has 0 spiro atoms. The molecule has 29 heavy (non-hydrogen) atoms. The van der Waals surface area contributed by atoms with Crippen LogP contribution in [0.15, 0.2) is 28.7 Å². The molecule has 2 heterocycles. The molecule has 1 unspecified atom stereocenters. The molecule has 0 radical (unpaired) electrons. The average Bonchev–Trinajstić information content (AvgIpc) is 3.29. The zero-order chi connectivity index (χ0) is 20.5. The van der Waals surface area contributed by atoms with Crippen molar-refractivity contribution in [2.75, 3.05) is 44.1 Å². The molecule has 154 valence electrons. The van der Waals surface area contributed by atoms with E-state index in [4.69, 9.17) is 9.15 Å². The summed E-state index contributed by atoms with van der Waals surface area (Å²) in [6, 6.07) is 6.85. The molecule has 4 rings (SSSR count). The molecule has 5 nitrogen and oxygen atoms in total. The van der Waals surface area contributed by atoms with Crippen LogP contribution in [0, 0.1) is 0 Å². The minimum Gasteiger partial charge on any atom is -0.463 e. The van der Waals surface area contributed by atoms with Crippen LogP contribution in [0.25, 0.3) is 6.08 Å². The van der Waals surface area contributed by atoms with E-state index in [2.05, 4.69) is 49.1 Å². The molecule has 1 aromatic heterocycles. The molecule has 0 fully saturated rings. The molecule has 0 saturated carbocycles. The van der Waals surface area contributed by atoms with E-state index in [1.54, 1.807) is 13.0 Å². The summed E-state index contributed by atoms with van der Waals surface area (Å²) in [5.74, 6) is 1.77. The maximum Gasteiger partial charge on any atom is 0.330 e. The third-order valence-electron chi connectivity index (χ3n) is 5.98. The van der Waals surface area contributed by atoms with Crippen molar-refractivity contribution in [3.8, 4) is 0 Å². The minimum atomic E-state index is -0.336. The second-order valence-electron chi connectivity index (χ2n) is 8.17. The Hall–Kier alpha value is -2.69. The lowest BCUT2D eigenvalue weighted by molar-refractivity contribution is -0.137. The van der Waals surface area contributed by atoms with Crippen LogP contribution in [0.4, 0.5) is 11.4 Å². The van der Waals surface area contributed by atoms with Gasteiger partial charge in [-0.3, -0.25) is 0 Å². The van der Waals surface area contributed by atoms with E-state index in [0.717, 1.165) is 43.7 Å². The van der Waals surface area contributed by atoms with Gasteiger partial charge in [-0.2, -0.15) is 0 Å². The van der Waals surface area contributed by atoms with E-state index in [1.807, 2.05) is 0 Å². The molecule has 0 saturated heterocycles. The van der Waals surface area contributed by atoms with Gasteiger partial charge in [-0.1, -0.05) is 6.07 Å². The Bertz CT molecular complexity index is 942. The van der Waals surface area contributed by atoms with Gasteiger partial charge in [0.05, 0.1) is 18.0 Å². The first-order valence-corrected chi connectivity index (χ1v) is 10.5. The van der Waals surface area contributed by atoms with Crippen LogP contribution in [0.1, 0.15) is 53.9 Å². The summed E-state index contributed by atoms with van der Waals surface area (Å²) in [7, 11) is 6.41. The topological polar surface area (TPSA) is 45.9 Å². The number of fused-ring (bicyclic) bond motifs is 2. The van der Waals surface area contributed by atoms with Gasteiger partial charge in [0.25, 0.3) is 0 Å². The molecule has 1 aliphatic heterocycles. The average molecular weight is 395 g/mol. The predicted octanol–water partition coefficient (Wildman–Crippen LogP) is 4.38. The number of carbonyl (C=O) groups is 1. The molecular weight excluding hydrogens is 364 g/mol. The van der Waals surface area contributed by atoms with Gasteiger partial charge in [0.2, 0.25) is 0 Å². The maximum atomic E-state index is 11.6. The largest absolute Gasteiger partial charge is 0.463 e. The monoisotopic (exact) mass is 394 g/mol. The van der Waals surface area contributed by atoms with Crippen LogP contribution in [0.3, 0.4) is 0 Å². The van der Waals surface area contributed by atoms with Gasteiger partial charge in [0, 0.05) is 51.7 Å². The fourth-order valence-electron chi connectivity index (χ4n) is 4.62. The smallest absolute Gasteiger partial charge is 0.330 e. The van der Waals surface area contributed by atoms with Gasteiger partial charge in [0.1, 0.15) is 11.5 Å². The van der Waals surface area contributed by atoms with Gasteiger partial charge in [-0.15, -0.1) is 0 Å². The normalized spacial score (nSPS) is 18.1. The van der Waals surface area contributed by atoms with E-state index in [1.165, 1.54) is 34.1 Å². The second kappa shape index (κ2) is 7.97. The summed E-state index contributed by atoms with van der Waals surface area (Å²) in [5.41, 5.74) is 6.71. The number of hydrogen-bond donors (Lipinski definition) is 0. The molecular formula is C24H30N2O3. The number of likely N-dealkylation sites (N-methyl/N-ethyl adjacent to an activating group) is 1. The Labute approximate surface area is 172 Å². The first-order valence-electron chi connectivity index (χ1n) is 10.5. The summed E-state index contributed by atoms with van der Waals surface area (Å²) in [4.78, 5) is 16.2. The lowest BCUT2D eigenvalue weighted by atomic mass is 9.81. The van der Waals surface area contributed by atoms with Gasteiger partial charge < -0.3 is 19.0 Å². The zero-order valence-electron chi connectivity index (χ0n) is 17.8. The van der Waals surface area contributed by atoms with Crippen molar-refractivity contribution >= 4 is 23.4 Å². The third-order valence-corrected chi connectivity index (χ3v) is 5.98. The molecule has 1 atom stereocenters. The number of furan rings is 1. The predicted molar refractivity (Wildman–Crippen MR) is 117 cm³/mol. The molecule has 2 aliphatic rings. The molecule has 1 aliphatic carbocycles. The van der Waals surface area contributed by atoms with E-state index >= 15 is 0 Å². The summed E-state index contributed by atoms with van der Waals surface area (Å²) < 4.78 is 11.0. The standard InChI is InChI=1S/C24H30N2O3/c1-5-28-23(27)10-9-18-15-20-19(7-6-8-22(20)29-18)17-13-16-11-12-26(4)24(16)21(14-17)25(2)3/h9-10,13-15,19H,5-8,11-12H2,1-4H3. The fraction of sp³-hybridized carbons (Fsp3) is 0.458. The van der Waals surface area contributed by atoms with Gasteiger partial charge in [-0.05, 0) is 55.5 Å². The number of esters is 1. The second-order valence-corrected chi connectivity index (χ2v) is 8.17. The van der Waals surface area contributed by atoms with Crippen molar-refractivity contribution < 1.29 is 13.9 Å². The Morgan fingerprint density at radius 1 is 1.31 bits per heavy atom. The molecule has 0 amide bonds. The lowest BCUT2D eigenvalue weighted by Gasteiger charge is -2.27. The fourth-order valence-corrected chi connectivity index (χ4v) is 4.62. The van der Waals surface area contributed by atoms with E-state index < -0.39 is 0 Å². The van der Waals surface area contributed by atoms with Gasteiger partial charge >= 0.3 is 5.97 Å². The summed E-state index contributed by atoms with van der Waals surface area (Å²) in [6.07, 6.45) is 7.44. The highest BCUT2D eigenvalue weighted by Gasteiger charge is 2.29. The molecule has 5 heteroatoms. The Morgan fingerprint density at radius 3 is 2.90 bits per heavy atom. The molecule has 1 aromatic carbocycles. The lowest BCUT2D eigenvalue weighted by Crippen LogP contribution is -2.18. The first kappa shape index (κ1) is 19.6. The van der Waals surface area contributed by atoms with E-state index in [-0.39, 0.29) is 5.97 Å². The number of nitrogens with zero attached hydrogens (tertiary/aromatic N) is 2. The Balaban J connectivity index is 1.68. The van der Waals surface area contributed by atoms with Crippen LogP contribution in [0.2, 0.25) is 0 Å². The van der Waals surface area contributed by atoms with E-state index in [9.17, 15) is 4.79 Å². The number of anilines is 2. The summed E-state index contributed by atoms with van der Waals surface area (Å²) >= 11 is 0. The van der Waals surface area contributed by atoms with Crippen LogP contribution in [0.5, 0.6) is 0 Å². The quantitative estimate of drug-likeness (QED) is 0.556. The van der Waals surface area contributed by atoms with Gasteiger partial charge in [0.15, 0.2) is 0 Å². The SMILES string of the molecule is CCOC(=O)C=Cc1cc2c(o1)CCCC2c1cc2c(c(N(C)C)c1)N(C)CC2. The number of ether oxygens (including phenoxy) is 1. The number of rotatable bonds is 5. The van der Waals surface area contributed by atoms with Crippen molar-refractivity contribution in [2.24, 2.45) is 0 Å². The van der Waals surface area contributed by atoms with E-state index in [0.29, 0.717) is 12.5 Å².